The molecule has 0 amide bonds. The highest BCUT2D eigenvalue weighted by Crippen LogP contribution is 2.53. The van der Waals surface area contributed by atoms with Gasteiger partial charge in [0.05, 0.1) is 17.8 Å². The molecule has 1 aliphatic heterocycles. The van der Waals surface area contributed by atoms with Crippen LogP contribution in [-0.2, 0) is 11.2 Å². The third kappa shape index (κ3) is 4.20. The molecule has 1 unspecified atom stereocenters. The summed E-state index contributed by atoms with van der Waals surface area (Å²) in [4.78, 5) is 0. The average Bonchev–Trinajstić information content (AvgIpc) is 3.24. The molecule has 2 heterocycles. The number of aromatic nitrogens is 2. The highest BCUT2D eigenvalue weighted by Gasteiger charge is 2.50. The summed E-state index contributed by atoms with van der Waals surface area (Å²) in [5.74, 6) is 0.857. The summed E-state index contributed by atoms with van der Waals surface area (Å²) in [6.07, 6.45) is 7.49. The van der Waals surface area contributed by atoms with E-state index in [0.717, 1.165) is 54.7 Å². The maximum absolute atomic E-state index is 10.3. The Bertz CT molecular complexity index is 895. The molecule has 7 heteroatoms. The van der Waals surface area contributed by atoms with E-state index in [9.17, 15) is 5.11 Å². The zero-order valence-electron chi connectivity index (χ0n) is 16.9. The van der Waals surface area contributed by atoms with E-state index in [4.69, 9.17) is 21.4 Å². The van der Waals surface area contributed by atoms with Gasteiger partial charge in [0.2, 0.25) is 0 Å². The van der Waals surface area contributed by atoms with Crippen LogP contribution in [0.1, 0.15) is 62.7 Å². The summed E-state index contributed by atoms with van der Waals surface area (Å²) in [6, 6.07) is 5.08. The Morgan fingerprint density at radius 1 is 1.21 bits per heavy atom. The maximum Gasteiger partial charge on any atom is 0.154 e. The molecule has 6 nitrogen and oxygen atoms in total. The molecule has 1 atom stereocenters. The second kappa shape index (κ2) is 8.09. The molecule has 2 aliphatic carbocycles. The van der Waals surface area contributed by atoms with Gasteiger partial charge in [0.1, 0.15) is 11.4 Å². The molecule has 5 rings (SSSR count). The fourth-order valence-corrected chi connectivity index (χ4v) is 4.51. The number of phenols is 1. The van der Waals surface area contributed by atoms with Crippen molar-refractivity contribution in [3.63, 3.8) is 0 Å². The van der Waals surface area contributed by atoms with Crippen LogP contribution in [-0.4, -0.2) is 39.2 Å². The van der Waals surface area contributed by atoms with Gasteiger partial charge < -0.3 is 20.3 Å². The summed E-state index contributed by atoms with van der Waals surface area (Å²) in [7, 11) is 1.83. The zero-order chi connectivity index (χ0) is 20.6. The van der Waals surface area contributed by atoms with Crippen molar-refractivity contribution >= 4 is 17.4 Å². The summed E-state index contributed by atoms with van der Waals surface area (Å²) >= 11 is 5.95. The number of benzene rings is 1. The molecule has 2 fully saturated rings. The van der Waals surface area contributed by atoms with Crippen LogP contribution in [0, 0.1) is 0 Å². The molecule has 0 radical (unpaired) electrons. The lowest BCUT2D eigenvalue weighted by Gasteiger charge is -2.32. The van der Waals surface area contributed by atoms with E-state index in [1.54, 1.807) is 12.1 Å². The molecule has 1 aromatic heterocycles. The van der Waals surface area contributed by atoms with Crippen LogP contribution in [0.25, 0.3) is 11.3 Å². The van der Waals surface area contributed by atoms with Gasteiger partial charge in [-0.1, -0.05) is 24.4 Å². The highest BCUT2D eigenvalue weighted by atomic mass is 35.5. The molecular weight excluding hydrogens is 390 g/mol. The Kier molecular flexibility index (Phi) is 5.69. The van der Waals surface area contributed by atoms with Gasteiger partial charge in [-0.25, -0.2) is 0 Å². The van der Waals surface area contributed by atoms with E-state index < -0.39 is 0 Å². The molecular formula is C22H28ClN3O3. The van der Waals surface area contributed by atoms with Gasteiger partial charge in [0.25, 0.3) is 0 Å². The summed E-state index contributed by atoms with van der Waals surface area (Å²) in [6.45, 7) is 2.05. The van der Waals surface area contributed by atoms with Crippen LogP contribution < -0.4 is 5.32 Å². The Balaban J connectivity index is 0.000000294. The van der Waals surface area contributed by atoms with Crippen molar-refractivity contribution in [2.75, 3.05) is 12.4 Å². The zero-order valence-corrected chi connectivity index (χ0v) is 17.7. The number of nitrogens with one attached hydrogen (secondary N) is 1. The average molecular weight is 418 g/mol. The highest BCUT2D eigenvalue weighted by molar-refractivity contribution is 6.30. The third-order valence-corrected chi connectivity index (χ3v) is 6.27. The Morgan fingerprint density at radius 3 is 2.48 bits per heavy atom. The van der Waals surface area contributed by atoms with Gasteiger partial charge in [-0.05, 0) is 56.4 Å². The minimum absolute atomic E-state index is 0.0463. The van der Waals surface area contributed by atoms with Crippen LogP contribution in [0.4, 0.5) is 5.82 Å². The number of aromatic hydroxyl groups is 1. The monoisotopic (exact) mass is 417 g/mol. The largest absolute Gasteiger partial charge is 0.507 e. The Hall–Kier alpha value is -1.89. The molecule has 1 aromatic carbocycles. The summed E-state index contributed by atoms with van der Waals surface area (Å²) in [5.41, 5.74) is 3.46. The molecule has 156 valence electrons. The molecule has 0 saturated heterocycles. The fourth-order valence-electron chi connectivity index (χ4n) is 4.34. The van der Waals surface area contributed by atoms with Crippen LogP contribution in [0.3, 0.4) is 0 Å². The predicted molar refractivity (Wildman–Crippen MR) is 113 cm³/mol. The van der Waals surface area contributed by atoms with E-state index in [1.807, 2.05) is 14.0 Å². The molecule has 1 spiro atoms. The minimum Gasteiger partial charge on any atom is -0.507 e. The quantitative estimate of drug-likeness (QED) is 0.660. The predicted octanol–water partition coefficient (Wildman–Crippen LogP) is 4.63. The lowest BCUT2D eigenvalue weighted by molar-refractivity contribution is -0.0338. The van der Waals surface area contributed by atoms with Gasteiger partial charge >= 0.3 is 0 Å². The van der Waals surface area contributed by atoms with Crippen molar-refractivity contribution < 1.29 is 14.9 Å². The number of hydrogen-bond donors (Lipinski definition) is 3. The normalized spacial score (nSPS) is 22.0. The lowest BCUT2D eigenvalue weighted by atomic mass is 9.90. The Morgan fingerprint density at radius 2 is 1.93 bits per heavy atom. The van der Waals surface area contributed by atoms with Crippen LogP contribution in [0.5, 0.6) is 5.75 Å². The minimum atomic E-state index is -0.0583. The third-order valence-electron chi connectivity index (χ3n) is 6.03. The first-order valence-electron chi connectivity index (χ1n) is 10.3. The molecule has 2 aromatic rings. The van der Waals surface area contributed by atoms with E-state index in [2.05, 4.69) is 15.5 Å². The first-order chi connectivity index (χ1) is 13.9. The number of fused-ring (bicyclic) bond motifs is 1. The number of halogens is 1. The van der Waals surface area contributed by atoms with Crippen molar-refractivity contribution in [3.05, 3.63) is 34.3 Å². The smallest absolute Gasteiger partial charge is 0.154 e. The molecule has 29 heavy (non-hydrogen) atoms. The number of aliphatic hydroxyl groups excluding tert-OH is 1. The number of rotatable bonds is 2. The fraction of sp³-hybridized carbons (Fsp3) is 0.545. The van der Waals surface area contributed by atoms with Crippen LogP contribution in [0.15, 0.2) is 18.2 Å². The van der Waals surface area contributed by atoms with Crippen molar-refractivity contribution in [3.8, 4) is 17.0 Å². The number of hydrogen-bond acceptors (Lipinski definition) is 6. The van der Waals surface area contributed by atoms with Crippen LogP contribution in [0.2, 0.25) is 5.02 Å². The van der Waals surface area contributed by atoms with Crippen molar-refractivity contribution in [1.29, 1.82) is 0 Å². The van der Waals surface area contributed by atoms with E-state index in [1.165, 1.54) is 18.9 Å². The number of ether oxygens (including phenoxy) is 1. The molecule has 3 N–H and O–H groups in total. The topological polar surface area (TPSA) is 87.5 Å². The van der Waals surface area contributed by atoms with Gasteiger partial charge in [-0.3, -0.25) is 0 Å². The van der Waals surface area contributed by atoms with Crippen molar-refractivity contribution in [2.24, 2.45) is 0 Å². The van der Waals surface area contributed by atoms with Crippen molar-refractivity contribution in [1.82, 2.24) is 10.2 Å². The van der Waals surface area contributed by atoms with Gasteiger partial charge in [-0.2, -0.15) is 0 Å². The summed E-state index contributed by atoms with van der Waals surface area (Å²) in [5, 5.41) is 31.3. The van der Waals surface area contributed by atoms with Gasteiger partial charge in [0, 0.05) is 29.6 Å². The molecule has 0 bridgehead atoms. The second-order valence-corrected chi connectivity index (χ2v) is 8.70. The van der Waals surface area contributed by atoms with E-state index in [0.29, 0.717) is 10.6 Å². The number of aliphatic hydroxyl groups is 1. The SMILES string of the molecule is CNc1nnc(-c2ccc(Cl)cc2O)c2c1C(C)OC1(CC1)C2.OC1CCCC1. The standard InChI is InChI=1S/C17H18ClN3O2.C5H10O/c1-9-14-12(8-17(23-9)5-6-17)15(20-21-16(14)19-2)11-4-3-10(18)7-13(11)22;6-5-3-1-2-4-5/h3-4,7,9,22H,5-6,8H2,1-2H3,(H,19,21);5-6H,1-4H2. The van der Waals surface area contributed by atoms with Crippen LogP contribution >= 0.6 is 11.6 Å². The number of anilines is 1. The van der Waals surface area contributed by atoms with Gasteiger partial charge in [0.15, 0.2) is 5.82 Å². The number of nitrogens with zero attached hydrogens (tertiary/aromatic N) is 2. The van der Waals surface area contributed by atoms with Crippen molar-refractivity contribution in [2.45, 2.75) is 69.7 Å². The Labute approximate surface area is 176 Å². The summed E-state index contributed by atoms with van der Waals surface area (Å²) < 4.78 is 6.20. The first-order valence-corrected chi connectivity index (χ1v) is 10.7. The number of phenolic OH excluding ortho intramolecular Hbond substituents is 1. The lowest BCUT2D eigenvalue weighted by Crippen LogP contribution is -2.28. The van der Waals surface area contributed by atoms with E-state index in [-0.39, 0.29) is 23.6 Å². The molecule has 2 saturated carbocycles. The maximum atomic E-state index is 10.3. The first kappa shape index (κ1) is 20.4. The van der Waals surface area contributed by atoms with Gasteiger partial charge in [-0.15, -0.1) is 10.2 Å². The molecule has 3 aliphatic rings. The van der Waals surface area contributed by atoms with E-state index >= 15 is 0 Å². The second-order valence-electron chi connectivity index (χ2n) is 8.26.